The van der Waals surface area contributed by atoms with Gasteiger partial charge in [-0.25, -0.2) is 4.79 Å². The van der Waals surface area contributed by atoms with Crippen LogP contribution in [0.1, 0.15) is 41.6 Å². The number of fused-ring (bicyclic) bond motifs is 5. The highest BCUT2D eigenvalue weighted by Crippen LogP contribution is 2.36. The number of benzene rings is 1. The molecule has 4 heterocycles. The average molecular weight is 449 g/mol. The molecule has 2 aliphatic rings. The molecule has 1 fully saturated rings. The summed E-state index contributed by atoms with van der Waals surface area (Å²) in [5, 5.41) is 0.723. The van der Waals surface area contributed by atoms with Gasteiger partial charge in [-0.3, -0.25) is 9.59 Å². The summed E-state index contributed by atoms with van der Waals surface area (Å²) >= 11 is 0. The molecular formula is C26H28N2O5. The van der Waals surface area contributed by atoms with Crippen LogP contribution in [0.3, 0.4) is 0 Å². The zero-order valence-electron chi connectivity index (χ0n) is 19.4. The van der Waals surface area contributed by atoms with Gasteiger partial charge in [-0.1, -0.05) is 6.07 Å². The fourth-order valence-electron chi connectivity index (χ4n) is 5.36. The fourth-order valence-corrected chi connectivity index (χ4v) is 5.36. The van der Waals surface area contributed by atoms with Crippen LogP contribution < -0.4 is 15.9 Å². The minimum Gasteiger partial charge on any atom is -0.480 e. The van der Waals surface area contributed by atoms with Gasteiger partial charge in [0.2, 0.25) is 0 Å². The number of carbonyl (C=O) groups excluding carboxylic acids is 1. The predicted octanol–water partition coefficient (Wildman–Crippen LogP) is 3.29. The van der Waals surface area contributed by atoms with Crippen molar-refractivity contribution in [3.05, 3.63) is 73.5 Å². The summed E-state index contributed by atoms with van der Waals surface area (Å²) in [6.07, 6.45) is 0.293. The number of aryl methyl sites for hydroxylation is 2. The third-order valence-corrected chi connectivity index (χ3v) is 7.10. The van der Waals surface area contributed by atoms with E-state index in [1.165, 1.54) is 0 Å². The normalized spacial score (nSPS) is 20.4. The molecule has 0 radical (unpaired) electrons. The van der Waals surface area contributed by atoms with Crippen molar-refractivity contribution in [2.24, 2.45) is 5.92 Å². The highest BCUT2D eigenvalue weighted by atomic mass is 16.5. The van der Waals surface area contributed by atoms with Crippen molar-refractivity contribution in [1.29, 1.82) is 0 Å². The number of aromatic nitrogens is 1. The lowest BCUT2D eigenvalue weighted by molar-refractivity contribution is -0.140. The second-order valence-electron chi connectivity index (χ2n) is 9.48. The van der Waals surface area contributed by atoms with E-state index in [-0.39, 0.29) is 28.9 Å². The summed E-state index contributed by atoms with van der Waals surface area (Å²) in [6.45, 7) is 9.10. The number of piperidine rings is 1. The lowest BCUT2D eigenvalue weighted by atomic mass is 9.83. The van der Waals surface area contributed by atoms with Gasteiger partial charge in [-0.15, -0.1) is 0 Å². The molecule has 7 nitrogen and oxygen atoms in total. The quantitative estimate of drug-likeness (QED) is 0.575. The van der Waals surface area contributed by atoms with Crippen LogP contribution in [0.25, 0.3) is 11.0 Å². The van der Waals surface area contributed by atoms with E-state index < -0.39 is 6.10 Å². The lowest BCUT2D eigenvalue weighted by Crippen LogP contribution is -2.52. The SMILES string of the molecule is Cc1cc(O[C@@H](C)C(=O)N2C[C@@H]3C[C@@H](C2)c2cccc(=O)n2C3)c2c(C)c(C)c(=O)oc2c1. The predicted molar refractivity (Wildman–Crippen MR) is 125 cm³/mol. The maximum absolute atomic E-state index is 13.4. The molecule has 2 bridgehead atoms. The number of hydrogen-bond donors (Lipinski definition) is 0. The largest absolute Gasteiger partial charge is 0.480 e. The third-order valence-electron chi connectivity index (χ3n) is 7.10. The van der Waals surface area contributed by atoms with Crippen molar-refractivity contribution in [2.45, 2.75) is 52.7 Å². The van der Waals surface area contributed by atoms with E-state index in [9.17, 15) is 14.4 Å². The minimum absolute atomic E-state index is 0.0299. The molecule has 0 N–H and O–H groups in total. The Hall–Kier alpha value is -3.35. The van der Waals surface area contributed by atoms with Crippen molar-refractivity contribution in [3.8, 4) is 5.75 Å². The topological polar surface area (TPSA) is 81.8 Å². The van der Waals surface area contributed by atoms with Crippen LogP contribution in [0.4, 0.5) is 0 Å². The highest BCUT2D eigenvalue weighted by Gasteiger charge is 2.37. The van der Waals surface area contributed by atoms with E-state index in [2.05, 4.69) is 0 Å². The van der Waals surface area contributed by atoms with Gasteiger partial charge in [0.25, 0.3) is 11.5 Å². The molecular weight excluding hydrogens is 420 g/mol. The Morgan fingerprint density at radius 3 is 2.67 bits per heavy atom. The number of carbonyl (C=O) groups is 1. The first-order chi connectivity index (χ1) is 15.7. The summed E-state index contributed by atoms with van der Waals surface area (Å²) in [7, 11) is 0. The summed E-state index contributed by atoms with van der Waals surface area (Å²) in [5.41, 5.74) is 3.36. The van der Waals surface area contributed by atoms with Gasteiger partial charge < -0.3 is 18.6 Å². The summed E-state index contributed by atoms with van der Waals surface area (Å²) in [6, 6.07) is 9.09. The lowest BCUT2D eigenvalue weighted by Gasteiger charge is -2.43. The number of nitrogens with zero attached hydrogens (tertiary/aromatic N) is 2. The zero-order chi connectivity index (χ0) is 23.4. The van der Waals surface area contributed by atoms with E-state index in [0.29, 0.717) is 36.5 Å². The van der Waals surface area contributed by atoms with Crippen molar-refractivity contribution in [1.82, 2.24) is 9.47 Å². The fraction of sp³-hybridized carbons (Fsp3) is 0.423. The molecule has 1 aromatic carbocycles. The smallest absolute Gasteiger partial charge is 0.339 e. The second-order valence-corrected chi connectivity index (χ2v) is 9.48. The Morgan fingerprint density at radius 2 is 1.88 bits per heavy atom. The van der Waals surface area contributed by atoms with Crippen LogP contribution in [0.15, 0.2) is 44.3 Å². The Morgan fingerprint density at radius 1 is 1.09 bits per heavy atom. The van der Waals surface area contributed by atoms with Gasteiger partial charge in [0.15, 0.2) is 6.10 Å². The second kappa shape index (κ2) is 7.90. The average Bonchev–Trinajstić information content (AvgIpc) is 2.77. The summed E-state index contributed by atoms with van der Waals surface area (Å²) in [5.74, 6) is 0.884. The molecule has 0 unspecified atom stereocenters. The molecule has 1 amide bonds. The summed E-state index contributed by atoms with van der Waals surface area (Å²) in [4.78, 5) is 39.7. The zero-order valence-corrected chi connectivity index (χ0v) is 19.4. The highest BCUT2D eigenvalue weighted by molar-refractivity contribution is 5.89. The van der Waals surface area contributed by atoms with Crippen molar-refractivity contribution >= 4 is 16.9 Å². The van der Waals surface area contributed by atoms with E-state index in [4.69, 9.17) is 9.15 Å². The maximum Gasteiger partial charge on any atom is 0.339 e. The monoisotopic (exact) mass is 448 g/mol. The van der Waals surface area contributed by atoms with Crippen molar-refractivity contribution in [3.63, 3.8) is 0 Å². The molecule has 5 rings (SSSR count). The maximum atomic E-state index is 13.4. The molecule has 33 heavy (non-hydrogen) atoms. The standard InChI is InChI=1S/C26H28N2O5/c1-14-8-21(24-15(2)16(3)26(31)33-22(24)9-14)32-17(4)25(30)27-11-18-10-19(13-27)20-6-5-7-23(29)28(20)12-18/h5-9,17-19H,10-13H2,1-4H3/t17-,18-,19-/m0/s1. The van der Waals surface area contributed by atoms with Crippen LogP contribution in [-0.4, -0.2) is 34.6 Å². The van der Waals surface area contributed by atoms with Crippen molar-refractivity contribution < 1.29 is 13.9 Å². The molecule has 3 atom stereocenters. The van der Waals surface area contributed by atoms with Crippen LogP contribution in [0, 0.1) is 26.7 Å². The molecule has 0 spiro atoms. The third kappa shape index (κ3) is 3.65. The Kier molecular flexibility index (Phi) is 5.15. The molecule has 1 saturated heterocycles. The number of amides is 1. The molecule has 0 aliphatic carbocycles. The van der Waals surface area contributed by atoms with E-state index in [1.54, 1.807) is 26.0 Å². The molecule has 2 aliphatic heterocycles. The first-order valence-electron chi connectivity index (χ1n) is 11.4. The molecule has 0 saturated carbocycles. The Bertz CT molecular complexity index is 1390. The van der Waals surface area contributed by atoms with Crippen LogP contribution >= 0.6 is 0 Å². The number of hydrogen-bond acceptors (Lipinski definition) is 5. The van der Waals surface area contributed by atoms with Crippen LogP contribution in [0.2, 0.25) is 0 Å². The number of ether oxygens (including phenoxy) is 1. The number of likely N-dealkylation sites (tertiary alicyclic amines) is 1. The Labute approximate surface area is 191 Å². The van der Waals surface area contributed by atoms with Gasteiger partial charge in [-0.05, 0) is 69.4 Å². The number of pyridine rings is 1. The van der Waals surface area contributed by atoms with E-state index >= 15 is 0 Å². The molecule has 2 aromatic heterocycles. The van der Waals surface area contributed by atoms with Gasteiger partial charge in [-0.2, -0.15) is 0 Å². The molecule has 172 valence electrons. The van der Waals surface area contributed by atoms with Crippen molar-refractivity contribution in [2.75, 3.05) is 13.1 Å². The van der Waals surface area contributed by atoms with E-state index in [1.807, 2.05) is 41.5 Å². The molecule has 3 aromatic rings. The summed E-state index contributed by atoms with van der Waals surface area (Å²) < 4.78 is 13.5. The van der Waals surface area contributed by atoms with Gasteiger partial charge in [0, 0.05) is 42.9 Å². The van der Waals surface area contributed by atoms with Gasteiger partial charge in [0.05, 0.1) is 5.39 Å². The number of rotatable bonds is 3. The first kappa shape index (κ1) is 21.5. The molecule has 7 heteroatoms. The van der Waals surface area contributed by atoms with Crippen LogP contribution in [-0.2, 0) is 11.3 Å². The van der Waals surface area contributed by atoms with Gasteiger partial charge >= 0.3 is 5.63 Å². The van der Waals surface area contributed by atoms with Crippen LogP contribution in [0.5, 0.6) is 5.75 Å². The minimum atomic E-state index is -0.696. The Balaban J connectivity index is 1.42. The van der Waals surface area contributed by atoms with Gasteiger partial charge in [0.1, 0.15) is 11.3 Å². The first-order valence-corrected chi connectivity index (χ1v) is 11.4. The van der Waals surface area contributed by atoms with E-state index in [0.717, 1.165) is 28.6 Å².